The van der Waals surface area contributed by atoms with Crippen LogP contribution in [0.1, 0.15) is 5.56 Å². The van der Waals surface area contributed by atoms with Crippen LogP contribution in [0.25, 0.3) is 5.70 Å². The van der Waals surface area contributed by atoms with Gasteiger partial charge in [0.1, 0.15) is 11.8 Å². The van der Waals surface area contributed by atoms with Crippen LogP contribution in [0.2, 0.25) is 0 Å². The molecule has 0 saturated carbocycles. The summed E-state index contributed by atoms with van der Waals surface area (Å²) >= 11 is 5.88. The number of nitriles is 1. The Bertz CT molecular complexity index is 729. The summed E-state index contributed by atoms with van der Waals surface area (Å²) in [7, 11) is 0. The van der Waals surface area contributed by atoms with Crippen molar-refractivity contribution in [3.63, 3.8) is 0 Å². The van der Waals surface area contributed by atoms with Crippen LogP contribution in [-0.2, 0) is 32.7 Å². The molecule has 0 aliphatic carbocycles. The largest absolute Gasteiger partial charge is 0.479 e. The zero-order valence-corrected chi connectivity index (χ0v) is 16.0. The molecule has 1 aliphatic heterocycles. The first kappa shape index (κ1) is 20.8. The molecule has 0 bridgehead atoms. The number of rotatable bonds is 5. The monoisotopic (exact) mass is 428 g/mol. The Hall–Kier alpha value is -1.29. The van der Waals surface area contributed by atoms with Crippen molar-refractivity contribution in [3.05, 3.63) is 59.0 Å². The standard InChI is InChI=1S/C16H11ClF3N2O.Y/c1-10-13(17)4-5-15(22(10)9-16(19)20)12-3-2-11(8-14(12)18)23-7-6-21;/h2-4,8,16H,1,7,9H2;/q-1;. The molecule has 0 fully saturated rings. The molecule has 1 radical (unpaired) electrons. The van der Waals surface area contributed by atoms with Gasteiger partial charge in [-0.15, -0.1) is 6.07 Å². The average molecular weight is 429 g/mol. The number of alkyl halides is 2. The number of ether oxygens (including phenoxy) is 1. The molecule has 0 N–H and O–H groups in total. The molecule has 1 heterocycles. The Morgan fingerprint density at radius 3 is 2.71 bits per heavy atom. The van der Waals surface area contributed by atoms with Gasteiger partial charge < -0.3 is 9.64 Å². The molecule has 1 aromatic rings. The summed E-state index contributed by atoms with van der Waals surface area (Å²) in [5.74, 6) is -0.529. The zero-order chi connectivity index (χ0) is 17.0. The fourth-order valence-electron chi connectivity index (χ4n) is 2.01. The van der Waals surface area contributed by atoms with Gasteiger partial charge in [-0.3, -0.25) is 0 Å². The SMILES string of the molecule is C=C1C(Cl)=C[C-]=C(c2ccc(OCC#N)cc2F)N1CC(F)F.[Y]. The molecule has 1 aromatic carbocycles. The van der Waals surface area contributed by atoms with Crippen molar-refractivity contribution < 1.29 is 50.6 Å². The van der Waals surface area contributed by atoms with Crippen LogP contribution in [0.15, 0.2) is 41.6 Å². The molecule has 0 amide bonds. The minimum atomic E-state index is -2.66. The maximum absolute atomic E-state index is 14.3. The fourth-order valence-corrected chi connectivity index (χ4v) is 2.17. The summed E-state index contributed by atoms with van der Waals surface area (Å²) < 4.78 is 44.8. The molecule has 0 atom stereocenters. The van der Waals surface area contributed by atoms with E-state index in [1.165, 1.54) is 18.2 Å². The maximum Gasteiger partial charge on any atom is 0.256 e. The molecule has 0 unspecified atom stereocenters. The number of halogens is 4. The summed E-state index contributed by atoms with van der Waals surface area (Å²) in [6.07, 6.45) is 1.38. The summed E-state index contributed by atoms with van der Waals surface area (Å²) in [5, 5.41) is 8.60. The minimum Gasteiger partial charge on any atom is -0.479 e. The van der Waals surface area contributed by atoms with E-state index in [0.717, 1.165) is 11.0 Å². The van der Waals surface area contributed by atoms with Crippen LogP contribution >= 0.6 is 11.6 Å². The molecule has 0 aromatic heterocycles. The normalized spacial score (nSPS) is 13.8. The van der Waals surface area contributed by atoms with Gasteiger partial charge in [-0.2, -0.15) is 29.0 Å². The Kier molecular flexibility index (Phi) is 8.01. The van der Waals surface area contributed by atoms with Crippen LogP contribution in [0.4, 0.5) is 13.2 Å². The first-order valence-electron chi connectivity index (χ1n) is 6.47. The molecule has 8 heteroatoms. The molecular weight excluding hydrogens is 418 g/mol. The fraction of sp³-hybridized carbons (Fsp3) is 0.188. The van der Waals surface area contributed by atoms with E-state index in [9.17, 15) is 13.2 Å². The quantitative estimate of drug-likeness (QED) is 0.663. The first-order valence-corrected chi connectivity index (χ1v) is 6.85. The molecular formula is C16H11ClF3N2OY-. The van der Waals surface area contributed by atoms with Crippen LogP contribution in [0.5, 0.6) is 5.75 Å². The third kappa shape index (κ3) is 4.86. The van der Waals surface area contributed by atoms with Gasteiger partial charge in [0.25, 0.3) is 6.43 Å². The van der Waals surface area contributed by atoms with E-state index in [4.69, 9.17) is 21.6 Å². The Morgan fingerprint density at radius 1 is 1.42 bits per heavy atom. The molecule has 0 saturated heterocycles. The van der Waals surface area contributed by atoms with Crippen LogP contribution < -0.4 is 4.74 Å². The van der Waals surface area contributed by atoms with E-state index in [-0.39, 0.29) is 67.1 Å². The van der Waals surface area contributed by atoms with Crippen molar-refractivity contribution in [2.24, 2.45) is 0 Å². The Labute approximate surface area is 167 Å². The number of hydrogen-bond donors (Lipinski definition) is 0. The summed E-state index contributed by atoms with van der Waals surface area (Å²) in [4.78, 5) is 1.11. The second-order valence-electron chi connectivity index (χ2n) is 4.52. The number of allylic oxidation sites excluding steroid dienone is 3. The third-order valence-corrected chi connectivity index (χ3v) is 3.35. The predicted molar refractivity (Wildman–Crippen MR) is 79.9 cm³/mol. The van der Waals surface area contributed by atoms with Gasteiger partial charge in [-0.1, -0.05) is 17.8 Å². The molecule has 24 heavy (non-hydrogen) atoms. The number of hydrogen-bond acceptors (Lipinski definition) is 3. The zero-order valence-electron chi connectivity index (χ0n) is 12.4. The first-order chi connectivity index (χ1) is 10.9. The van der Waals surface area contributed by atoms with Gasteiger partial charge in [0.2, 0.25) is 0 Å². The topological polar surface area (TPSA) is 36.3 Å². The van der Waals surface area contributed by atoms with Gasteiger partial charge in [-0.05, 0) is 16.8 Å². The Balaban J connectivity index is 0.00000288. The van der Waals surface area contributed by atoms with Crippen LogP contribution in [-0.4, -0.2) is 24.5 Å². The van der Waals surface area contributed by atoms with E-state index < -0.39 is 18.8 Å². The minimum absolute atomic E-state index is 0. The summed E-state index contributed by atoms with van der Waals surface area (Å²) in [6.45, 7) is 2.74. The van der Waals surface area contributed by atoms with E-state index in [0.29, 0.717) is 0 Å². The van der Waals surface area contributed by atoms with Gasteiger partial charge in [0.15, 0.2) is 6.61 Å². The van der Waals surface area contributed by atoms with Crippen molar-refractivity contribution in [1.82, 2.24) is 4.90 Å². The molecule has 3 nitrogen and oxygen atoms in total. The number of benzene rings is 1. The van der Waals surface area contributed by atoms with Gasteiger partial charge >= 0.3 is 0 Å². The van der Waals surface area contributed by atoms with E-state index in [2.05, 4.69) is 12.7 Å². The van der Waals surface area contributed by atoms with Crippen molar-refractivity contribution >= 4 is 17.3 Å². The van der Waals surface area contributed by atoms with Crippen LogP contribution in [0, 0.1) is 23.2 Å². The third-order valence-electron chi connectivity index (χ3n) is 3.03. The summed E-state index contributed by atoms with van der Waals surface area (Å²) in [6, 6.07) is 5.64. The predicted octanol–water partition coefficient (Wildman–Crippen LogP) is 4.09. The molecule has 2 rings (SSSR count). The van der Waals surface area contributed by atoms with Crippen LogP contribution in [0.3, 0.4) is 0 Å². The van der Waals surface area contributed by atoms with Gasteiger partial charge in [0, 0.05) is 38.8 Å². The van der Waals surface area contributed by atoms with E-state index in [1.807, 2.05) is 0 Å². The van der Waals surface area contributed by atoms with Gasteiger partial charge in [0.05, 0.1) is 12.4 Å². The average Bonchev–Trinajstić information content (AvgIpc) is 2.50. The molecule has 0 spiro atoms. The molecule has 1 aliphatic rings. The maximum atomic E-state index is 14.3. The van der Waals surface area contributed by atoms with Crippen molar-refractivity contribution in [1.29, 1.82) is 5.26 Å². The smallest absolute Gasteiger partial charge is 0.256 e. The Morgan fingerprint density at radius 2 is 2.12 bits per heavy atom. The van der Waals surface area contributed by atoms with Crippen molar-refractivity contribution in [2.45, 2.75) is 6.43 Å². The van der Waals surface area contributed by atoms with Crippen molar-refractivity contribution in [2.75, 3.05) is 13.2 Å². The summed E-state index contributed by atoms with van der Waals surface area (Å²) in [5.41, 5.74) is 0.297. The van der Waals surface area contributed by atoms with Gasteiger partial charge in [-0.25, -0.2) is 13.2 Å². The second kappa shape index (κ2) is 9.26. The van der Waals surface area contributed by atoms with E-state index >= 15 is 0 Å². The molecule has 123 valence electrons. The second-order valence-corrected chi connectivity index (χ2v) is 4.93. The van der Waals surface area contributed by atoms with E-state index in [1.54, 1.807) is 6.07 Å². The van der Waals surface area contributed by atoms with Crippen molar-refractivity contribution in [3.8, 4) is 11.8 Å². The number of nitrogens with zero attached hydrogens (tertiary/aromatic N) is 2.